The Labute approximate surface area is 108 Å². The molecule has 1 aliphatic rings. The van der Waals surface area contributed by atoms with Gasteiger partial charge in [0.2, 0.25) is 0 Å². The quantitative estimate of drug-likeness (QED) is 0.890. The topological polar surface area (TPSA) is 59.0 Å². The van der Waals surface area contributed by atoms with Crippen molar-refractivity contribution in [1.82, 2.24) is 15.1 Å². The number of carbonyl (C=O) groups is 1. The lowest BCUT2D eigenvalue weighted by atomic mass is 9.85. The summed E-state index contributed by atoms with van der Waals surface area (Å²) in [6.45, 7) is 0.493. The number of carbonyl (C=O) groups excluding carboxylic acids is 1. The number of nitrogens with zero attached hydrogens (tertiary/aromatic N) is 2. The molecule has 106 valence electrons. The third kappa shape index (κ3) is 3.39. The molecule has 0 aliphatic heterocycles. The van der Waals surface area contributed by atoms with Gasteiger partial charge in [-0.15, -0.1) is 0 Å². The van der Waals surface area contributed by atoms with Crippen molar-refractivity contribution in [3.8, 4) is 0 Å². The Kier molecular flexibility index (Phi) is 3.68. The third-order valence-electron chi connectivity index (χ3n) is 3.12. The smallest absolute Gasteiger partial charge is 0.338 e. The zero-order valence-electron chi connectivity index (χ0n) is 10.4. The van der Waals surface area contributed by atoms with E-state index in [1.54, 1.807) is 0 Å². The second kappa shape index (κ2) is 5.10. The maximum Gasteiger partial charge on any atom is 0.437 e. The maximum absolute atomic E-state index is 12.6. The zero-order valence-corrected chi connectivity index (χ0v) is 10.4. The fourth-order valence-electron chi connectivity index (χ4n) is 1.89. The fourth-order valence-corrected chi connectivity index (χ4v) is 1.89. The Balaban J connectivity index is 1.95. The Morgan fingerprint density at radius 3 is 2.74 bits per heavy atom. The summed E-state index contributed by atoms with van der Waals surface area (Å²) in [5, 5.41) is 8.06. The summed E-state index contributed by atoms with van der Waals surface area (Å²) in [7, 11) is 1.37. The lowest BCUT2D eigenvalue weighted by Gasteiger charge is -2.25. The van der Waals surface area contributed by atoms with E-state index in [9.17, 15) is 18.0 Å². The van der Waals surface area contributed by atoms with Crippen molar-refractivity contribution >= 4 is 11.7 Å². The summed E-state index contributed by atoms with van der Waals surface area (Å²) < 4.78 is 38.9. The molecule has 5 nitrogen and oxygen atoms in total. The summed E-state index contributed by atoms with van der Waals surface area (Å²) in [6, 6.07) is -0.634. The van der Waals surface area contributed by atoms with E-state index in [2.05, 4.69) is 15.7 Å². The van der Waals surface area contributed by atoms with Crippen molar-refractivity contribution < 1.29 is 18.0 Å². The molecule has 2 amide bonds. The van der Waals surface area contributed by atoms with Gasteiger partial charge in [0.1, 0.15) is 0 Å². The molecule has 1 aromatic heterocycles. The SMILES string of the molecule is Cn1cc(NC(=O)NCC2CCC2)c(C(F)(F)F)n1. The highest BCUT2D eigenvalue weighted by atomic mass is 19.4. The number of nitrogens with one attached hydrogen (secondary N) is 2. The van der Waals surface area contributed by atoms with E-state index >= 15 is 0 Å². The molecule has 1 fully saturated rings. The average molecular weight is 276 g/mol. The second-order valence-corrected chi connectivity index (χ2v) is 4.69. The molecule has 0 radical (unpaired) electrons. The van der Waals surface area contributed by atoms with Crippen LogP contribution in [0, 0.1) is 5.92 Å². The standard InChI is InChI=1S/C11H15F3N4O/c1-18-6-8(9(17-18)11(12,13)14)16-10(19)15-5-7-3-2-4-7/h6-7H,2-5H2,1H3,(H2,15,16,19). The number of urea groups is 1. The number of anilines is 1. The van der Waals surface area contributed by atoms with Crippen LogP contribution in [-0.2, 0) is 13.2 Å². The van der Waals surface area contributed by atoms with Crippen LogP contribution in [0.3, 0.4) is 0 Å². The van der Waals surface area contributed by atoms with Gasteiger partial charge < -0.3 is 10.6 Å². The number of aryl methyl sites for hydroxylation is 1. The first kappa shape index (κ1) is 13.7. The number of halogens is 3. The predicted molar refractivity (Wildman–Crippen MR) is 62.6 cm³/mol. The third-order valence-corrected chi connectivity index (χ3v) is 3.12. The first-order valence-corrected chi connectivity index (χ1v) is 6.02. The molecule has 0 aromatic carbocycles. The minimum Gasteiger partial charge on any atom is -0.338 e. The molecule has 2 rings (SSSR count). The van der Waals surface area contributed by atoms with Gasteiger partial charge in [-0.05, 0) is 18.8 Å². The van der Waals surface area contributed by atoms with Crippen LogP contribution in [-0.4, -0.2) is 22.4 Å². The molecule has 0 atom stereocenters. The average Bonchev–Trinajstić information content (AvgIpc) is 2.56. The minimum atomic E-state index is -4.59. The molecule has 0 saturated heterocycles. The number of amides is 2. The molecular weight excluding hydrogens is 261 g/mol. The van der Waals surface area contributed by atoms with E-state index < -0.39 is 17.9 Å². The van der Waals surface area contributed by atoms with Crippen molar-refractivity contribution in [2.75, 3.05) is 11.9 Å². The van der Waals surface area contributed by atoms with E-state index in [0.29, 0.717) is 12.5 Å². The lowest BCUT2D eigenvalue weighted by Crippen LogP contribution is -2.35. The molecule has 0 spiro atoms. The predicted octanol–water partition coefficient (Wildman–Crippen LogP) is 2.36. The zero-order chi connectivity index (χ0) is 14.0. The second-order valence-electron chi connectivity index (χ2n) is 4.69. The Bertz CT molecular complexity index is 465. The van der Waals surface area contributed by atoms with Gasteiger partial charge in [0.05, 0.1) is 5.69 Å². The van der Waals surface area contributed by atoms with Crippen LogP contribution in [0.15, 0.2) is 6.20 Å². The molecule has 0 bridgehead atoms. The monoisotopic (exact) mass is 276 g/mol. The van der Waals surface area contributed by atoms with Crippen LogP contribution in [0.2, 0.25) is 0 Å². The van der Waals surface area contributed by atoms with Crippen LogP contribution >= 0.6 is 0 Å². The van der Waals surface area contributed by atoms with Crippen molar-refractivity contribution in [3.63, 3.8) is 0 Å². The van der Waals surface area contributed by atoms with Crippen LogP contribution in [0.4, 0.5) is 23.7 Å². The van der Waals surface area contributed by atoms with Crippen LogP contribution in [0.5, 0.6) is 0 Å². The highest BCUT2D eigenvalue weighted by Gasteiger charge is 2.37. The Morgan fingerprint density at radius 1 is 1.53 bits per heavy atom. The van der Waals surface area contributed by atoms with E-state index in [1.165, 1.54) is 7.05 Å². The molecule has 1 aromatic rings. The first-order valence-electron chi connectivity index (χ1n) is 6.02. The van der Waals surface area contributed by atoms with Gasteiger partial charge in [-0.3, -0.25) is 4.68 Å². The van der Waals surface area contributed by atoms with Crippen LogP contribution in [0.1, 0.15) is 25.0 Å². The summed E-state index contributed by atoms with van der Waals surface area (Å²) in [5.41, 5.74) is -1.42. The normalized spacial score (nSPS) is 16.0. The van der Waals surface area contributed by atoms with Crippen LogP contribution in [0.25, 0.3) is 0 Å². The molecule has 19 heavy (non-hydrogen) atoms. The number of alkyl halides is 3. The summed E-state index contributed by atoms with van der Waals surface area (Å²) >= 11 is 0. The van der Waals surface area contributed by atoms with E-state index in [-0.39, 0.29) is 5.69 Å². The Morgan fingerprint density at radius 2 is 2.21 bits per heavy atom. The maximum atomic E-state index is 12.6. The number of rotatable bonds is 3. The van der Waals surface area contributed by atoms with Crippen LogP contribution < -0.4 is 10.6 Å². The molecule has 2 N–H and O–H groups in total. The fraction of sp³-hybridized carbons (Fsp3) is 0.636. The molecule has 1 aliphatic carbocycles. The van der Waals surface area contributed by atoms with E-state index in [0.717, 1.165) is 30.1 Å². The van der Waals surface area contributed by atoms with Gasteiger partial charge in [-0.2, -0.15) is 18.3 Å². The minimum absolute atomic E-state index is 0.332. The first-order chi connectivity index (χ1) is 8.86. The highest BCUT2D eigenvalue weighted by Crippen LogP contribution is 2.33. The number of hydrogen-bond donors (Lipinski definition) is 2. The lowest BCUT2D eigenvalue weighted by molar-refractivity contribution is -0.140. The van der Waals surface area contributed by atoms with Crippen molar-refractivity contribution in [3.05, 3.63) is 11.9 Å². The van der Waals surface area contributed by atoms with Gasteiger partial charge in [0, 0.05) is 19.8 Å². The number of aromatic nitrogens is 2. The van der Waals surface area contributed by atoms with Crippen molar-refractivity contribution in [2.45, 2.75) is 25.4 Å². The molecule has 0 unspecified atom stereocenters. The van der Waals surface area contributed by atoms with Crippen molar-refractivity contribution in [1.29, 1.82) is 0 Å². The summed E-state index contributed by atoms with van der Waals surface area (Å²) in [5.74, 6) is 0.446. The molecular formula is C11H15F3N4O. The number of hydrogen-bond acceptors (Lipinski definition) is 2. The molecule has 1 saturated carbocycles. The van der Waals surface area contributed by atoms with Gasteiger partial charge in [0.15, 0.2) is 5.69 Å². The van der Waals surface area contributed by atoms with E-state index in [4.69, 9.17) is 0 Å². The Hall–Kier alpha value is -1.73. The van der Waals surface area contributed by atoms with Gasteiger partial charge in [-0.1, -0.05) is 6.42 Å². The summed E-state index contributed by atoms with van der Waals surface area (Å²) in [4.78, 5) is 11.5. The van der Waals surface area contributed by atoms with Gasteiger partial charge in [0.25, 0.3) is 0 Å². The van der Waals surface area contributed by atoms with Crippen molar-refractivity contribution in [2.24, 2.45) is 13.0 Å². The van der Waals surface area contributed by atoms with Gasteiger partial charge >= 0.3 is 12.2 Å². The molecule has 1 heterocycles. The largest absolute Gasteiger partial charge is 0.437 e. The highest BCUT2D eigenvalue weighted by molar-refractivity contribution is 5.89. The van der Waals surface area contributed by atoms with E-state index in [1.807, 2.05) is 0 Å². The van der Waals surface area contributed by atoms with Gasteiger partial charge in [-0.25, -0.2) is 4.79 Å². The molecule has 8 heteroatoms. The summed E-state index contributed by atoms with van der Waals surface area (Å²) in [6.07, 6.45) is -0.194.